The number of aliphatic hydroxyl groups excluding tert-OH is 1. The van der Waals surface area contributed by atoms with Gasteiger partial charge in [0.15, 0.2) is 0 Å². The summed E-state index contributed by atoms with van der Waals surface area (Å²) in [5.41, 5.74) is 0. The SMILES string of the molecule is CCC[C@@H](CCO)SC[C@H](NC(C)=O)C(=O)O. The molecule has 1 amide bonds. The zero-order chi connectivity index (χ0) is 13.3. The van der Waals surface area contributed by atoms with Gasteiger partial charge in [0.2, 0.25) is 5.91 Å². The minimum absolute atomic E-state index is 0.107. The standard InChI is InChI=1S/C11H21NO4S/c1-3-4-9(5-6-13)17-7-10(11(15)16)12-8(2)14/h9-10,13H,3-7H2,1-2H3,(H,12,14)(H,15,16)/t9-,10-/m0/s1. The molecule has 3 N–H and O–H groups in total. The van der Waals surface area contributed by atoms with Crippen molar-refractivity contribution < 1.29 is 19.8 Å². The number of hydrogen-bond donors (Lipinski definition) is 3. The van der Waals surface area contributed by atoms with Crippen molar-refractivity contribution in [3.8, 4) is 0 Å². The minimum atomic E-state index is -1.02. The Labute approximate surface area is 106 Å². The number of thioether (sulfide) groups is 1. The molecule has 0 radical (unpaired) electrons. The Morgan fingerprint density at radius 2 is 2.00 bits per heavy atom. The molecule has 17 heavy (non-hydrogen) atoms. The number of carbonyl (C=O) groups excluding carboxylic acids is 1. The number of aliphatic hydroxyl groups is 1. The lowest BCUT2D eigenvalue weighted by Gasteiger charge is -2.18. The summed E-state index contributed by atoms with van der Waals surface area (Å²) < 4.78 is 0. The molecule has 6 heteroatoms. The van der Waals surface area contributed by atoms with Crippen molar-refractivity contribution in [2.45, 2.75) is 44.4 Å². The highest BCUT2D eigenvalue weighted by Gasteiger charge is 2.20. The molecule has 0 fully saturated rings. The van der Waals surface area contributed by atoms with Gasteiger partial charge in [0.25, 0.3) is 0 Å². The van der Waals surface area contributed by atoms with Crippen LogP contribution in [0.1, 0.15) is 33.1 Å². The Hall–Kier alpha value is -0.750. The lowest BCUT2D eigenvalue weighted by Crippen LogP contribution is -2.41. The van der Waals surface area contributed by atoms with Crippen LogP contribution < -0.4 is 5.32 Å². The molecule has 0 rings (SSSR count). The summed E-state index contributed by atoms with van der Waals surface area (Å²) in [6, 6.07) is -0.851. The molecule has 0 saturated heterocycles. The summed E-state index contributed by atoms with van der Waals surface area (Å²) in [5, 5.41) is 20.4. The van der Waals surface area contributed by atoms with Crippen LogP contribution in [0.15, 0.2) is 0 Å². The molecule has 100 valence electrons. The van der Waals surface area contributed by atoms with E-state index in [-0.39, 0.29) is 17.8 Å². The highest BCUT2D eigenvalue weighted by molar-refractivity contribution is 7.99. The molecular weight excluding hydrogens is 242 g/mol. The number of rotatable bonds is 9. The fourth-order valence-corrected chi connectivity index (χ4v) is 2.79. The van der Waals surface area contributed by atoms with E-state index in [9.17, 15) is 9.59 Å². The molecule has 0 spiro atoms. The first-order chi connectivity index (χ1) is 8.01. The van der Waals surface area contributed by atoms with E-state index >= 15 is 0 Å². The third-order valence-corrected chi connectivity index (χ3v) is 3.70. The Morgan fingerprint density at radius 3 is 2.41 bits per heavy atom. The maximum Gasteiger partial charge on any atom is 0.327 e. The summed E-state index contributed by atoms with van der Waals surface area (Å²) in [4.78, 5) is 21.7. The van der Waals surface area contributed by atoms with Gasteiger partial charge in [-0.3, -0.25) is 4.79 Å². The Kier molecular flexibility index (Phi) is 8.89. The van der Waals surface area contributed by atoms with E-state index in [1.165, 1.54) is 18.7 Å². The zero-order valence-electron chi connectivity index (χ0n) is 10.3. The Morgan fingerprint density at radius 1 is 1.35 bits per heavy atom. The first kappa shape index (κ1) is 16.2. The van der Waals surface area contributed by atoms with Crippen molar-refractivity contribution in [2.24, 2.45) is 0 Å². The molecule has 0 aromatic heterocycles. The predicted octanol–water partition coefficient (Wildman–Crippen LogP) is 0.860. The summed E-state index contributed by atoms with van der Waals surface area (Å²) in [6.45, 7) is 3.46. The van der Waals surface area contributed by atoms with Crippen molar-refractivity contribution in [3.05, 3.63) is 0 Å². The second-order valence-corrected chi connectivity index (χ2v) is 5.18. The smallest absolute Gasteiger partial charge is 0.327 e. The van der Waals surface area contributed by atoms with Crippen LogP contribution in [0.4, 0.5) is 0 Å². The van der Waals surface area contributed by atoms with Gasteiger partial charge in [0.1, 0.15) is 6.04 Å². The van der Waals surface area contributed by atoms with E-state index in [4.69, 9.17) is 10.2 Å². The first-order valence-corrected chi connectivity index (χ1v) is 6.78. The van der Waals surface area contributed by atoms with E-state index < -0.39 is 12.0 Å². The molecule has 0 unspecified atom stereocenters. The van der Waals surface area contributed by atoms with Gasteiger partial charge in [0.05, 0.1) is 0 Å². The van der Waals surface area contributed by atoms with Crippen LogP contribution in [-0.2, 0) is 9.59 Å². The minimum Gasteiger partial charge on any atom is -0.480 e. The van der Waals surface area contributed by atoms with Crippen molar-refractivity contribution in [1.29, 1.82) is 0 Å². The normalized spacial score (nSPS) is 14.1. The lowest BCUT2D eigenvalue weighted by atomic mass is 10.2. The number of carboxylic acids is 1. The highest BCUT2D eigenvalue weighted by atomic mass is 32.2. The van der Waals surface area contributed by atoms with E-state index in [0.717, 1.165) is 12.8 Å². The second-order valence-electron chi connectivity index (χ2n) is 3.85. The number of carboxylic acid groups (broad SMARTS) is 1. The van der Waals surface area contributed by atoms with Crippen LogP contribution in [0.2, 0.25) is 0 Å². The molecule has 0 saturated carbocycles. The molecule has 0 bridgehead atoms. The monoisotopic (exact) mass is 263 g/mol. The molecule has 0 heterocycles. The quantitative estimate of drug-likeness (QED) is 0.574. The van der Waals surface area contributed by atoms with Crippen LogP contribution in [0.5, 0.6) is 0 Å². The van der Waals surface area contributed by atoms with Gasteiger partial charge in [-0.15, -0.1) is 0 Å². The fraction of sp³-hybridized carbons (Fsp3) is 0.818. The number of hydrogen-bond acceptors (Lipinski definition) is 4. The second kappa shape index (κ2) is 9.30. The van der Waals surface area contributed by atoms with E-state index in [2.05, 4.69) is 5.32 Å². The number of amides is 1. The van der Waals surface area contributed by atoms with Crippen LogP contribution in [0.3, 0.4) is 0 Å². The predicted molar refractivity (Wildman–Crippen MR) is 68.1 cm³/mol. The molecule has 5 nitrogen and oxygen atoms in total. The van der Waals surface area contributed by atoms with Gasteiger partial charge in [-0.05, 0) is 12.8 Å². The first-order valence-electron chi connectivity index (χ1n) is 5.73. The zero-order valence-corrected chi connectivity index (χ0v) is 11.1. The maximum absolute atomic E-state index is 10.9. The van der Waals surface area contributed by atoms with E-state index in [1.807, 2.05) is 6.92 Å². The Bertz CT molecular complexity index is 242. The average molecular weight is 263 g/mol. The fourth-order valence-electron chi connectivity index (χ4n) is 1.43. The van der Waals surface area contributed by atoms with Crippen molar-refractivity contribution in [1.82, 2.24) is 5.32 Å². The molecule has 0 aromatic rings. The third kappa shape index (κ3) is 8.04. The van der Waals surface area contributed by atoms with Crippen LogP contribution in [-0.4, -0.2) is 45.7 Å². The molecule has 0 aliphatic rings. The van der Waals surface area contributed by atoms with Gasteiger partial charge in [-0.25, -0.2) is 4.79 Å². The Balaban J connectivity index is 4.15. The summed E-state index contributed by atoms with van der Waals surface area (Å²) in [7, 11) is 0. The molecule has 2 atom stereocenters. The number of nitrogens with one attached hydrogen (secondary N) is 1. The molecule has 0 aliphatic carbocycles. The maximum atomic E-state index is 10.9. The van der Waals surface area contributed by atoms with E-state index in [1.54, 1.807) is 0 Å². The lowest BCUT2D eigenvalue weighted by molar-refractivity contribution is -0.140. The van der Waals surface area contributed by atoms with Crippen LogP contribution in [0.25, 0.3) is 0 Å². The molecule has 0 aromatic carbocycles. The van der Waals surface area contributed by atoms with Crippen LogP contribution >= 0.6 is 11.8 Å². The number of carbonyl (C=O) groups is 2. The topological polar surface area (TPSA) is 86.6 Å². The van der Waals surface area contributed by atoms with Gasteiger partial charge in [0, 0.05) is 24.5 Å². The molecular formula is C11H21NO4S. The van der Waals surface area contributed by atoms with Crippen molar-refractivity contribution in [3.63, 3.8) is 0 Å². The van der Waals surface area contributed by atoms with Gasteiger partial charge >= 0.3 is 5.97 Å². The molecule has 0 aliphatic heterocycles. The average Bonchev–Trinajstić information content (AvgIpc) is 2.23. The summed E-state index contributed by atoms with van der Waals surface area (Å²) >= 11 is 1.49. The highest BCUT2D eigenvalue weighted by Crippen LogP contribution is 2.20. The van der Waals surface area contributed by atoms with Crippen molar-refractivity contribution >= 4 is 23.6 Å². The van der Waals surface area contributed by atoms with Gasteiger partial charge < -0.3 is 15.5 Å². The summed E-state index contributed by atoms with van der Waals surface area (Å²) in [5.74, 6) is -1.03. The van der Waals surface area contributed by atoms with E-state index in [0.29, 0.717) is 12.2 Å². The van der Waals surface area contributed by atoms with Gasteiger partial charge in [-0.2, -0.15) is 11.8 Å². The van der Waals surface area contributed by atoms with Crippen molar-refractivity contribution in [2.75, 3.05) is 12.4 Å². The van der Waals surface area contributed by atoms with Gasteiger partial charge in [-0.1, -0.05) is 13.3 Å². The third-order valence-electron chi connectivity index (χ3n) is 2.24. The number of aliphatic carboxylic acids is 1. The largest absolute Gasteiger partial charge is 0.480 e. The van der Waals surface area contributed by atoms with Crippen LogP contribution in [0, 0.1) is 0 Å². The summed E-state index contributed by atoms with van der Waals surface area (Å²) in [6.07, 6.45) is 2.60.